The van der Waals surface area contributed by atoms with Crippen molar-refractivity contribution in [3.8, 4) is 0 Å². The quantitative estimate of drug-likeness (QED) is 0.867. The molecule has 5 rings (SSSR count). The molecule has 134 valence electrons. The van der Waals surface area contributed by atoms with Crippen LogP contribution in [0.1, 0.15) is 26.2 Å². The number of fused-ring (bicyclic) bond motifs is 5. The molecular formula is C18H22FN3O2S. The number of anilines is 1. The Morgan fingerprint density at radius 3 is 3.04 bits per heavy atom. The fourth-order valence-electron chi connectivity index (χ4n) is 4.09. The maximum atomic E-state index is 14.0. The Labute approximate surface area is 150 Å². The minimum atomic E-state index is -0.903. The Balaban J connectivity index is 1.59. The molecule has 7 heteroatoms. The zero-order chi connectivity index (χ0) is 17.4. The third-order valence-electron chi connectivity index (χ3n) is 5.49. The first-order valence-electron chi connectivity index (χ1n) is 8.68. The second-order valence-corrected chi connectivity index (χ2v) is 8.25. The molecule has 3 heterocycles. The number of benzene rings is 1. The summed E-state index contributed by atoms with van der Waals surface area (Å²) >= 11 is 1.75. The highest BCUT2D eigenvalue weighted by Crippen LogP contribution is 2.45. The Morgan fingerprint density at radius 1 is 1.44 bits per heavy atom. The van der Waals surface area contributed by atoms with Crippen LogP contribution in [-0.2, 0) is 9.53 Å². The molecule has 0 aromatic heterocycles. The minimum absolute atomic E-state index is 0.139. The standard InChI is InChI=1S/C18H22FN3O2S/c1-18-7-6-11(8-12(18)15-9-20-10-25-15)21-16(23)17(24-18)22-14-5-3-2-4-13(14)19/h2-5,10-12,15,17,22H,6-9H2,1H3,(H,21,23). The number of hydrogen-bond acceptors (Lipinski definition) is 5. The molecule has 4 aliphatic rings. The van der Waals surface area contributed by atoms with Crippen LogP contribution in [-0.4, -0.2) is 41.1 Å². The van der Waals surface area contributed by atoms with Crippen LogP contribution in [0.3, 0.4) is 0 Å². The van der Waals surface area contributed by atoms with E-state index in [-0.39, 0.29) is 17.6 Å². The molecular weight excluding hydrogens is 341 g/mol. The molecule has 1 amide bonds. The van der Waals surface area contributed by atoms with E-state index in [1.54, 1.807) is 30.0 Å². The normalized spacial score (nSPS) is 37.4. The van der Waals surface area contributed by atoms with E-state index in [0.717, 1.165) is 25.8 Å². The number of nitrogens with zero attached hydrogens (tertiary/aromatic N) is 1. The van der Waals surface area contributed by atoms with Crippen LogP contribution in [0.5, 0.6) is 0 Å². The summed E-state index contributed by atoms with van der Waals surface area (Å²) in [5.41, 5.74) is 1.76. The number of thioether (sulfide) groups is 1. The van der Waals surface area contributed by atoms with Crippen LogP contribution in [0.4, 0.5) is 10.1 Å². The number of nitrogens with one attached hydrogen (secondary N) is 2. The number of para-hydroxylation sites is 1. The van der Waals surface area contributed by atoms with E-state index in [1.165, 1.54) is 6.07 Å². The summed E-state index contributed by atoms with van der Waals surface area (Å²) in [6, 6.07) is 6.47. The van der Waals surface area contributed by atoms with Gasteiger partial charge in [0.15, 0.2) is 0 Å². The van der Waals surface area contributed by atoms with Gasteiger partial charge in [-0.05, 0) is 38.3 Å². The second kappa shape index (κ2) is 6.61. The van der Waals surface area contributed by atoms with E-state index in [2.05, 4.69) is 22.5 Å². The molecule has 1 aliphatic carbocycles. The molecule has 5 nitrogen and oxygen atoms in total. The zero-order valence-corrected chi connectivity index (χ0v) is 14.9. The lowest BCUT2D eigenvalue weighted by atomic mass is 9.72. The number of ether oxygens (including phenoxy) is 1. The van der Waals surface area contributed by atoms with Crippen molar-refractivity contribution in [1.29, 1.82) is 0 Å². The Hall–Kier alpha value is -1.60. The van der Waals surface area contributed by atoms with Gasteiger partial charge < -0.3 is 15.4 Å². The molecule has 2 bridgehead atoms. The molecule has 1 aromatic carbocycles. The van der Waals surface area contributed by atoms with Gasteiger partial charge in [-0.15, -0.1) is 11.8 Å². The Kier molecular flexibility index (Phi) is 4.45. The third-order valence-corrected chi connectivity index (χ3v) is 6.59. The highest BCUT2D eigenvalue weighted by molar-refractivity contribution is 8.12. The summed E-state index contributed by atoms with van der Waals surface area (Å²) < 4.78 is 20.3. The maximum Gasteiger partial charge on any atom is 0.270 e. The van der Waals surface area contributed by atoms with E-state index in [9.17, 15) is 9.18 Å². The number of rotatable bonds is 3. The molecule has 2 N–H and O–H groups in total. The lowest BCUT2D eigenvalue weighted by Crippen LogP contribution is -2.61. The van der Waals surface area contributed by atoms with Crippen LogP contribution in [0.15, 0.2) is 29.3 Å². The molecule has 0 radical (unpaired) electrons. The summed E-state index contributed by atoms with van der Waals surface area (Å²) in [6.45, 7) is 2.88. The average molecular weight is 363 g/mol. The maximum absolute atomic E-state index is 14.0. The van der Waals surface area contributed by atoms with Crippen molar-refractivity contribution in [1.82, 2.24) is 5.32 Å². The summed E-state index contributed by atoms with van der Waals surface area (Å²) in [7, 11) is 0. The SMILES string of the molecule is CC12CCC(CC1C1CN=CS1)NC(=O)C(Nc1ccccc1F)O2. The molecule has 5 atom stereocenters. The van der Waals surface area contributed by atoms with Crippen molar-refractivity contribution >= 4 is 28.9 Å². The van der Waals surface area contributed by atoms with Gasteiger partial charge in [-0.2, -0.15) is 0 Å². The first kappa shape index (κ1) is 16.8. The van der Waals surface area contributed by atoms with Crippen molar-refractivity contribution in [2.75, 3.05) is 11.9 Å². The molecule has 25 heavy (non-hydrogen) atoms. The van der Waals surface area contributed by atoms with Crippen LogP contribution >= 0.6 is 11.8 Å². The van der Waals surface area contributed by atoms with Gasteiger partial charge >= 0.3 is 0 Å². The van der Waals surface area contributed by atoms with Gasteiger partial charge in [0, 0.05) is 17.2 Å². The number of hydrogen-bond donors (Lipinski definition) is 2. The van der Waals surface area contributed by atoms with E-state index >= 15 is 0 Å². The van der Waals surface area contributed by atoms with Crippen LogP contribution in [0, 0.1) is 11.7 Å². The van der Waals surface area contributed by atoms with E-state index in [4.69, 9.17) is 4.74 Å². The van der Waals surface area contributed by atoms with E-state index in [1.807, 2.05) is 5.55 Å². The van der Waals surface area contributed by atoms with Gasteiger partial charge in [-0.25, -0.2) is 4.39 Å². The van der Waals surface area contributed by atoms with Gasteiger partial charge in [0.2, 0.25) is 6.23 Å². The van der Waals surface area contributed by atoms with Gasteiger partial charge in [-0.1, -0.05) is 12.1 Å². The summed E-state index contributed by atoms with van der Waals surface area (Å²) in [5.74, 6) is -0.329. The van der Waals surface area contributed by atoms with Crippen LogP contribution in [0.2, 0.25) is 0 Å². The zero-order valence-electron chi connectivity index (χ0n) is 14.1. The van der Waals surface area contributed by atoms with Crippen molar-refractivity contribution in [3.63, 3.8) is 0 Å². The molecule has 5 unspecified atom stereocenters. The summed E-state index contributed by atoms with van der Waals surface area (Å²) in [6.07, 6.45) is 1.77. The van der Waals surface area contributed by atoms with E-state index < -0.39 is 17.6 Å². The second-order valence-electron chi connectivity index (χ2n) is 7.17. The number of amides is 1. The van der Waals surface area contributed by atoms with Crippen molar-refractivity contribution in [3.05, 3.63) is 30.1 Å². The largest absolute Gasteiger partial charge is 0.350 e. The van der Waals surface area contributed by atoms with Gasteiger partial charge in [-0.3, -0.25) is 9.79 Å². The summed E-state index contributed by atoms with van der Waals surface area (Å²) in [5, 5.41) is 6.38. The van der Waals surface area contributed by atoms with Gasteiger partial charge in [0.1, 0.15) is 5.82 Å². The lowest BCUT2D eigenvalue weighted by molar-refractivity contribution is -0.167. The van der Waals surface area contributed by atoms with Gasteiger partial charge in [0.25, 0.3) is 5.91 Å². The molecule has 2 saturated heterocycles. The highest BCUT2D eigenvalue weighted by atomic mass is 32.2. The third kappa shape index (κ3) is 3.27. The molecule has 0 spiro atoms. The molecule has 1 saturated carbocycles. The Bertz CT molecular complexity index is 693. The smallest absolute Gasteiger partial charge is 0.270 e. The predicted octanol–water partition coefficient (Wildman–Crippen LogP) is 2.78. The summed E-state index contributed by atoms with van der Waals surface area (Å²) in [4.78, 5) is 16.9. The topological polar surface area (TPSA) is 62.7 Å². The van der Waals surface area contributed by atoms with Crippen LogP contribution < -0.4 is 10.6 Å². The van der Waals surface area contributed by atoms with E-state index in [0.29, 0.717) is 11.2 Å². The molecule has 3 aliphatic heterocycles. The molecule has 3 fully saturated rings. The number of aliphatic imine (C=N–C) groups is 1. The van der Waals surface area contributed by atoms with Gasteiger partial charge in [0.05, 0.1) is 23.4 Å². The number of halogens is 1. The van der Waals surface area contributed by atoms with Crippen molar-refractivity contribution < 1.29 is 13.9 Å². The number of carbonyl (C=O) groups excluding carboxylic acids is 1. The molecule has 1 aromatic rings. The van der Waals surface area contributed by atoms with Crippen molar-refractivity contribution in [2.24, 2.45) is 10.9 Å². The predicted molar refractivity (Wildman–Crippen MR) is 97.3 cm³/mol. The fourth-order valence-corrected chi connectivity index (χ4v) is 5.18. The fraction of sp³-hybridized carbons (Fsp3) is 0.556. The number of carbonyl (C=O) groups is 1. The Morgan fingerprint density at radius 2 is 2.28 bits per heavy atom. The highest BCUT2D eigenvalue weighted by Gasteiger charge is 2.49. The minimum Gasteiger partial charge on any atom is -0.350 e. The first-order chi connectivity index (χ1) is 12.0. The van der Waals surface area contributed by atoms with Crippen LogP contribution in [0.25, 0.3) is 0 Å². The monoisotopic (exact) mass is 363 g/mol. The lowest BCUT2D eigenvalue weighted by Gasteiger charge is -2.50. The first-order valence-corrected chi connectivity index (χ1v) is 9.62. The average Bonchev–Trinajstić information content (AvgIpc) is 3.11. The van der Waals surface area contributed by atoms with Crippen molar-refractivity contribution in [2.45, 2.75) is 49.3 Å².